The Balaban J connectivity index is 1.88. The number of fused-ring (bicyclic) bond motifs is 1. The van der Waals surface area contributed by atoms with Crippen LogP contribution in [0, 0.1) is 6.92 Å². The van der Waals surface area contributed by atoms with Crippen LogP contribution in [0.1, 0.15) is 28.7 Å². The molecule has 0 bridgehead atoms. The number of para-hydroxylation sites is 1. The van der Waals surface area contributed by atoms with Gasteiger partial charge in [0.1, 0.15) is 11.5 Å². The molecule has 3 rings (SSSR count). The van der Waals surface area contributed by atoms with E-state index in [0.29, 0.717) is 18.8 Å². The molecule has 6 nitrogen and oxygen atoms in total. The summed E-state index contributed by atoms with van der Waals surface area (Å²) in [5, 5.41) is 8.40. The first kappa shape index (κ1) is 17.0. The van der Waals surface area contributed by atoms with E-state index in [1.807, 2.05) is 69.2 Å². The molecule has 0 aliphatic heterocycles. The Morgan fingerprint density at radius 1 is 1.24 bits per heavy atom. The van der Waals surface area contributed by atoms with Crippen LogP contribution >= 0.6 is 0 Å². The van der Waals surface area contributed by atoms with Crippen molar-refractivity contribution >= 4 is 22.6 Å². The molecule has 3 aromatic rings. The zero-order valence-electron chi connectivity index (χ0n) is 15.1. The molecule has 0 saturated carbocycles. The van der Waals surface area contributed by atoms with E-state index in [9.17, 15) is 4.79 Å². The van der Waals surface area contributed by atoms with Crippen LogP contribution in [0.4, 0.5) is 5.82 Å². The van der Waals surface area contributed by atoms with E-state index < -0.39 is 0 Å². The van der Waals surface area contributed by atoms with Crippen molar-refractivity contribution in [1.82, 2.24) is 20.1 Å². The maximum atomic E-state index is 12.6. The van der Waals surface area contributed by atoms with Crippen LogP contribution in [0.2, 0.25) is 0 Å². The number of hydrogen-bond acceptors (Lipinski definition) is 4. The molecule has 25 heavy (non-hydrogen) atoms. The Morgan fingerprint density at radius 2 is 2.00 bits per heavy atom. The number of carbonyl (C=O) groups excluding carboxylic acids is 1. The first-order chi connectivity index (χ1) is 12.0. The summed E-state index contributed by atoms with van der Waals surface area (Å²) in [4.78, 5) is 19.2. The highest BCUT2D eigenvalue weighted by atomic mass is 16.2. The van der Waals surface area contributed by atoms with Crippen LogP contribution in [0.5, 0.6) is 0 Å². The Morgan fingerprint density at radius 3 is 2.72 bits per heavy atom. The first-order valence-electron chi connectivity index (χ1n) is 8.38. The summed E-state index contributed by atoms with van der Waals surface area (Å²) in [6.07, 6.45) is 0. The van der Waals surface area contributed by atoms with E-state index in [4.69, 9.17) is 0 Å². The number of aryl methyl sites for hydroxylation is 2. The molecule has 0 saturated heterocycles. The zero-order chi connectivity index (χ0) is 18.0. The molecular weight excluding hydrogens is 314 g/mol. The summed E-state index contributed by atoms with van der Waals surface area (Å²) >= 11 is 0. The van der Waals surface area contributed by atoms with Gasteiger partial charge < -0.3 is 10.2 Å². The monoisotopic (exact) mass is 337 g/mol. The van der Waals surface area contributed by atoms with E-state index in [1.54, 1.807) is 4.68 Å². The highest BCUT2D eigenvalue weighted by Gasteiger charge is 2.14. The van der Waals surface area contributed by atoms with Gasteiger partial charge in [-0.2, -0.15) is 5.10 Å². The predicted octanol–water partition coefficient (Wildman–Crippen LogP) is 2.76. The lowest BCUT2D eigenvalue weighted by atomic mass is 10.1. The van der Waals surface area contributed by atoms with Gasteiger partial charge in [-0.15, -0.1) is 0 Å². The fourth-order valence-electron chi connectivity index (χ4n) is 2.84. The second-order valence-electron chi connectivity index (χ2n) is 6.22. The molecule has 0 spiro atoms. The van der Waals surface area contributed by atoms with Gasteiger partial charge in [0.05, 0.1) is 11.2 Å². The normalized spacial score (nSPS) is 10.9. The van der Waals surface area contributed by atoms with Crippen LogP contribution < -0.4 is 10.2 Å². The fraction of sp³-hybridized carbons (Fsp3) is 0.316. The van der Waals surface area contributed by atoms with Gasteiger partial charge in [0.15, 0.2) is 0 Å². The van der Waals surface area contributed by atoms with Gasteiger partial charge in [0.2, 0.25) is 0 Å². The van der Waals surface area contributed by atoms with Crippen LogP contribution in [0.15, 0.2) is 36.4 Å². The third-order valence-corrected chi connectivity index (χ3v) is 4.12. The molecule has 1 amide bonds. The quantitative estimate of drug-likeness (QED) is 0.777. The number of rotatable bonds is 5. The lowest BCUT2D eigenvalue weighted by Gasteiger charge is -2.15. The number of nitrogens with zero attached hydrogens (tertiary/aromatic N) is 4. The van der Waals surface area contributed by atoms with Crippen molar-refractivity contribution in [2.75, 3.05) is 19.0 Å². The maximum absolute atomic E-state index is 12.6. The van der Waals surface area contributed by atoms with Gasteiger partial charge in [0.25, 0.3) is 5.91 Å². The topological polar surface area (TPSA) is 63.1 Å². The molecule has 0 aliphatic carbocycles. The van der Waals surface area contributed by atoms with Gasteiger partial charge in [-0.3, -0.25) is 9.48 Å². The number of pyridine rings is 1. The van der Waals surface area contributed by atoms with Crippen molar-refractivity contribution in [2.24, 2.45) is 0 Å². The lowest BCUT2D eigenvalue weighted by molar-refractivity contribution is 0.0940. The van der Waals surface area contributed by atoms with Crippen molar-refractivity contribution in [3.63, 3.8) is 0 Å². The molecule has 0 unspecified atom stereocenters. The Hall–Kier alpha value is -2.89. The van der Waals surface area contributed by atoms with Gasteiger partial charge in [-0.25, -0.2) is 4.98 Å². The number of anilines is 1. The average Bonchev–Trinajstić information content (AvgIpc) is 3.00. The fourth-order valence-corrected chi connectivity index (χ4v) is 2.84. The van der Waals surface area contributed by atoms with Gasteiger partial charge in [-0.1, -0.05) is 18.2 Å². The SMILES string of the molecule is CCn1nc(C)cc1C(=O)NCc1cc(N(C)C)nc2ccccc12. The number of aromatic nitrogens is 3. The maximum Gasteiger partial charge on any atom is 0.269 e. The van der Waals surface area contributed by atoms with E-state index in [-0.39, 0.29) is 5.91 Å². The van der Waals surface area contributed by atoms with Crippen molar-refractivity contribution in [3.8, 4) is 0 Å². The third-order valence-electron chi connectivity index (χ3n) is 4.12. The molecule has 0 atom stereocenters. The minimum atomic E-state index is -0.116. The van der Waals surface area contributed by atoms with Crippen molar-refractivity contribution in [3.05, 3.63) is 53.3 Å². The summed E-state index contributed by atoms with van der Waals surface area (Å²) in [6.45, 7) is 4.97. The summed E-state index contributed by atoms with van der Waals surface area (Å²) in [7, 11) is 3.92. The van der Waals surface area contributed by atoms with Crippen LogP contribution in [-0.4, -0.2) is 34.8 Å². The van der Waals surface area contributed by atoms with Crippen molar-refractivity contribution in [1.29, 1.82) is 0 Å². The minimum Gasteiger partial charge on any atom is -0.363 e. The molecule has 6 heteroatoms. The van der Waals surface area contributed by atoms with Crippen molar-refractivity contribution < 1.29 is 4.79 Å². The van der Waals surface area contributed by atoms with E-state index in [2.05, 4.69) is 15.4 Å². The summed E-state index contributed by atoms with van der Waals surface area (Å²) in [5.74, 6) is 0.757. The zero-order valence-corrected chi connectivity index (χ0v) is 15.1. The number of benzene rings is 1. The van der Waals surface area contributed by atoms with Crippen LogP contribution in [-0.2, 0) is 13.1 Å². The largest absolute Gasteiger partial charge is 0.363 e. The molecule has 1 aromatic carbocycles. The van der Waals surface area contributed by atoms with Gasteiger partial charge in [0, 0.05) is 32.6 Å². The third kappa shape index (κ3) is 3.47. The lowest BCUT2D eigenvalue weighted by Crippen LogP contribution is -2.26. The number of carbonyl (C=O) groups is 1. The number of nitrogens with one attached hydrogen (secondary N) is 1. The molecule has 0 fully saturated rings. The molecule has 0 radical (unpaired) electrons. The molecule has 0 aliphatic rings. The molecule has 2 heterocycles. The highest BCUT2D eigenvalue weighted by Crippen LogP contribution is 2.22. The molecule has 2 aromatic heterocycles. The summed E-state index contributed by atoms with van der Waals surface area (Å²) in [5.41, 5.74) is 3.40. The second kappa shape index (κ2) is 6.93. The first-order valence-corrected chi connectivity index (χ1v) is 8.38. The molecule has 130 valence electrons. The van der Waals surface area contributed by atoms with E-state index in [1.165, 1.54) is 0 Å². The highest BCUT2D eigenvalue weighted by molar-refractivity contribution is 5.93. The van der Waals surface area contributed by atoms with E-state index in [0.717, 1.165) is 28.0 Å². The second-order valence-corrected chi connectivity index (χ2v) is 6.22. The summed E-state index contributed by atoms with van der Waals surface area (Å²) in [6, 6.07) is 11.8. The van der Waals surface area contributed by atoms with Crippen molar-refractivity contribution in [2.45, 2.75) is 26.9 Å². The van der Waals surface area contributed by atoms with Gasteiger partial charge >= 0.3 is 0 Å². The Labute approximate surface area is 147 Å². The van der Waals surface area contributed by atoms with Crippen LogP contribution in [0.3, 0.4) is 0 Å². The Bertz CT molecular complexity index is 913. The predicted molar refractivity (Wildman–Crippen MR) is 99.9 cm³/mol. The smallest absolute Gasteiger partial charge is 0.269 e. The minimum absolute atomic E-state index is 0.116. The molecular formula is C19H23N5O. The van der Waals surface area contributed by atoms with E-state index >= 15 is 0 Å². The van der Waals surface area contributed by atoms with Crippen LogP contribution in [0.25, 0.3) is 10.9 Å². The number of amides is 1. The summed E-state index contributed by atoms with van der Waals surface area (Å²) < 4.78 is 1.72. The standard InChI is InChI=1S/C19H23N5O/c1-5-24-17(10-13(2)22-24)19(25)20-12-14-11-18(23(3)4)21-16-9-7-6-8-15(14)16/h6-11H,5,12H2,1-4H3,(H,20,25). The Kier molecular flexibility index (Phi) is 4.70. The molecule has 1 N–H and O–H groups in total. The van der Waals surface area contributed by atoms with Gasteiger partial charge in [-0.05, 0) is 37.6 Å². The average molecular weight is 337 g/mol. The number of hydrogen-bond donors (Lipinski definition) is 1.